The molecule has 0 unspecified atom stereocenters. The number of benzene rings is 2. The maximum Gasteiger partial charge on any atom is 0.360 e. The zero-order chi connectivity index (χ0) is 17.8. The zero-order valence-corrected chi connectivity index (χ0v) is 14.1. The molecule has 0 radical (unpaired) electrons. The van der Waals surface area contributed by atoms with Crippen LogP contribution in [0, 0.1) is 0 Å². The standard InChI is InChI=1S/C19H19N3O3/c1-13(18(23)22(2)12-14-8-4-3-5-9-14)25-19(24)17-15-10-6-7-11-16(15)20-21-17/h3-11,13H,12H2,1-2H3,(H,20,21)/t13-/m1/s1. The summed E-state index contributed by atoms with van der Waals surface area (Å²) in [5.74, 6) is -0.886. The molecule has 0 aliphatic heterocycles. The van der Waals surface area contributed by atoms with E-state index >= 15 is 0 Å². The fraction of sp³-hybridized carbons (Fsp3) is 0.211. The highest BCUT2D eigenvalue weighted by Gasteiger charge is 2.24. The first kappa shape index (κ1) is 16.7. The van der Waals surface area contributed by atoms with Crippen LogP contribution in [0.4, 0.5) is 0 Å². The number of rotatable bonds is 5. The van der Waals surface area contributed by atoms with E-state index in [1.165, 1.54) is 4.90 Å². The van der Waals surface area contributed by atoms with Crippen LogP contribution in [0.25, 0.3) is 10.9 Å². The molecule has 3 rings (SSSR count). The maximum atomic E-state index is 12.4. The molecule has 0 fully saturated rings. The third-order valence-electron chi connectivity index (χ3n) is 3.93. The van der Waals surface area contributed by atoms with Crippen molar-refractivity contribution >= 4 is 22.8 Å². The second-order valence-corrected chi connectivity index (χ2v) is 5.85. The average molecular weight is 337 g/mol. The second kappa shape index (κ2) is 7.17. The minimum Gasteiger partial charge on any atom is -0.448 e. The smallest absolute Gasteiger partial charge is 0.360 e. The van der Waals surface area contributed by atoms with E-state index < -0.39 is 12.1 Å². The number of para-hydroxylation sites is 1. The van der Waals surface area contributed by atoms with Gasteiger partial charge in [-0.3, -0.25) is 9.89 Å². The summed E-state index contributed by atoms with van der Waals surface area (Å²) in [4.78, 5) is 26.3. The Labute approximate surface area is 145 Å². The van der Waals surface area contributed by atoms with Crippen molar-refractivity contribution in [2.24, 2.45) is 0 Å². The van der Waals surface area contributed by atoms with Gasteiger partial charge in [-0.1, -0.05) is 48.5 Å². The molecule has 25 heavy (non-hydrogen) atoms. The van der Waals surface area contributed by atoms with Gasteiger partial charge in [-0.2, -0.15) is 5.10 Å². The minimum absolute atomic E-state index is 0.181. The molecule has 2 aromatic carbocycles. The summed E-state index contributed by atoms with van der Waals surface area (Å²) < 4.78 is 5.31. The quantitative estimate of drug-likeness (QED) is 0.727. The molecule has 3 aromatic rings. The SMILES string of the molecule is C[C@@H](OC(=O)c1n[nH]c2ccccc12)C(=O)N(C)Cc1ccccc1. The predicted octanol–water partition coefficient (Wildman–Crippen LogP) is 2.77. The Balaban J connectivity index is 1.65. The molecule has 1 amide bonds. The predicted molar refractivity (Wildman–Crippen MR) is 93.9 cm³/mol. The van der Waals surface area contributed by atoms with E-state index in [1.54, 1.807) is 20.0 Å². The maximum absolute atomic E-state index is 12.4. The molecule has 6 nitrogen and oxygen atoms in total. The number of H-pyrrole nitrogens is 1. The number of aromatic nitrogens is 2. The van der Waals surface area contributed by atoms with Crippen LogP contribution in [-0.2, 0) is 16.1 Å². The van der Waals surface area contributed by atoms with Gasteiger partial charge in [-0.25, -0.2) is 4.79 Å². The lowest BCUT2D eigenvalue weighted by Crippen LogP contribution is -2.37. The first-order valence-corrected chi connectivity index (χ1v) is 7.99. The molecular formula is C19H19N3O3. The number of nitrogens with zero attached hydrogens (tertiary/aromatic N) is 2. The van der Waals surface area contributed by atoms with Crippen molar-refractivity contribution in [2.75, 3.05) is 7.05 Å². The van der Waals surface area contributed by atoms with Crippen LogP contribution in [-0.4, -0.2) is 40.1 Å². The van der Waals surface area contributed by atoms with Gasteiger partial charge in [0.15, 0.2) is 11.8 Å². The summed E-state index contributed by atoms with van der Waals surface area (Å²) in [5, 5.41) is 7.45. The third-order valence-corrected chi connectivity index (χ3v) is 3.93. The van der Waals surface area contributed by atoms with E-state index in [0.717, 1.165) is 11.1 Å². The number of carbonyl (C=O) groups is 2. The Kier molecular flexibility index (Phi) is 4.79. The van der Waals surface area contributed by atoms with E-state index in [-0.39, 0.29) is 11.6 Å². The summed E-state index contributed by atoms with van der Waals surface area (Å²) in [6.07, 6.45) is -0.892. The molecule has 1 N–H and O–H groups in total. The van der Waals surface area contributed by atoms with Crippen LogP contribution >= 0.6 is 0 Å². The number of amides is 1. The molecule has 1 atom stereocenters. The zero-order valence-electron chi connectivity index (χ0n) is 14.1. The highest BCUT2D eigenvalue weighted by molar-refractivity contribution is 6.02. The van der Waals surface area contributed by atoms with Crippen molar-refractivity contribution in [1.82, 2.24) is 15.1 Å². The lowest BCUT2D eigenvalue weighted by Gasteiger charge is -2.21. The fourth-order valence-corrected chi connectivity index (χ4v) is 2.63. The van der Waals surface area contributed by atoms with Gasteiger partial charge >= 0.3 is 5.97 Å². The number of nitrogens with one attached hydrogen (secondary N) is 1. The van der Waals surface area contributed by atoms with Crippen molar-refractivity contribution in [2.45, 2.75) is 19.6 Å². The van der Waals surface area contributed by atoms with Gasteiger partial charge in [0.25, 0.3) is 5.91 Å². The molecule has 0 bridgehead atoms. The molecule has 0 saturated carbocycles. The van der Waals surface area contributed by atoms with Crippen LogP contribution in [0.2, 0.25) is 0 Å². The molecule has 128 valence electrons. The Morgan fingerprint density at radius 1 is 1.12 bits per heavy atom. The van der Waals surface area contributed by atoms with Crippen molar-refractivity contribution in [3.63, 3.8) is 0 Å². The molecule has 0 aliphatic carbocycles. The summed E-state index contributed by atoms with van der Waals surface area (Å²) in [5.41, 5.74) is 1.94. The Hall–Kier alpha value is -3.15. The summed E-state index contributed by atoms with van der Waals surface area (Å²) in [6, 6.07) is 16.9. The van der Waals surface area contributed by atoms with E-state index in [2.05, 4.69) is 10.2 Å². The van der Waals surface area contributed by atoms with Gasteiger partial charge in [-0.05, 0) is 18.6 Å². The van der Waals surface area contributed by atoms with Gasteiger partial charge in [0.05, 0.1) is 5.52 Å². The number of fused-ring (bicyclic) bond motifs is 1. The van der Waals surface area contributed by atoms with Gasteiger partial charge < -0.3 is 9.64 Å². The van der Waals surface area contributed by atoms with Crippen molar-refractivity contribution in [1.29, 1.82) is 0 Å². The van der Waals surface area contributed by atoms with Crippen LogP contribution < -0.4 is 0 Å². The van der Waals surface area contributed by atoms with Gasteiger partial charge in [-0.15, -0.1) is 0 Å². The molecular weight excluding hydrogens is 318 g/mol. The number of hydrogen-bond acceptors (Lipinski definition) is 4. The van der Waals surface area contributed by atoms with Gasteiger partial charge in [0.2, 0.25) is 0 Å². The lowest BCUT2D eigenvalue weighted by molar-refractivity contribution is -0.139. The van der Waals surface area contributed by atoms with E-state index in [1.807, 2.05) is 48.5 Å². The summed E-state index contributed by atoms with van der Waals surface area (Å²) in [7, 11) is 1.68. The monoisotopic (exact) mass is 337 g/mol. The fourth-order valence-electron chi connectivity index (χ4n) is 2.63. The first-order valence-electron chi connectivity index (χ1n) is 7.99. The normalized spacial score (nSPS) is 11.9. The van der Waals surface area contributed by atoms with Crippen LogP contribution in [0.5, 0.6) is 0 Å². The number of hydrogen-bond donors (Lipinski definition) is 1. The number of ether oxygens (including phenoxy) is 1. The molecule has 0 spiro atoms. The Morgan fingerprint density at radius 2 is 1.80 bits per heavy atom. The largest absolute Gasteiger partial charge is 0.448 e. The molecule has 6 heteroatoms. The Bertz CT molecular complexity index is 889. The summed E-state index contributed by atoms with van der Waals surface area (Å²) >= 11 is 0. The highest BCUT2D eigenvalue weighted by atomic mass is 16.5. The van der Waals surface area contributed by atoms with Crippen LogP contribution in [0.15, 0.2) is 54.6 Å². The highest BCUT2D eigenvalue weighted by Crippen LogP contribution is 2.17. The van der Waals surface area contributed by atoms with Crippen molar-refractivity contribution in [3.8, 4) is 0 Å². The molecule has 1 aromatic heterocycles. The minimum atomic E-state index is -0.892. The van der Waals surface area contributed by atoms with Crippen LogP contribution in [0.3, 0.4) is 0 Å². The average Bonchev–Trinajstić information content (AvgIpc) is 3.06. The lowest BCUT2D eigenvalue weighted by atomic mass is 10.2. The topological polar surface area (TPSA) is 75.3 Å². The van der Waals surface area contributed by atoms with E-state index in [4.69, 9.17) is 4.74 Å². The van der Waals surface area contributed by atoms with Crippen LogP contribution in [0.1, 0.15) is 23.0 Å². The number of esters is 1. The van der Waals surface area contributed by atoms with Crippen molar-refractivity contribution < 1.29 is 14.3 Å². The van der Waals surface area contributed by atoms with Gasteiger partial charge in [0.1, 0.15) is 0 Å². The van der Waals surface area contributed by atoms with E-state index in [0.29, 0.717) is 11.9 Å². The summed E-state index contributed by atoms with van der Waals surface area (Å²) in [6.45, 7) is 2.02. The molecule has 0 aliphatic rings. The number of aromatic amines is 1. The molecule has 1 heterocycles. The van der Waals surface area contributed by atoms with E-state index in [9.17, 15) is 9.59 Å². The first-order chi connectivity index (χ1) is 12.1. The third kappa shape index (κ3) is 3.68. The van der Waals surface area contributed by atoms with Crippen molar-refractivity contribution in [3.05, 3.63) is 65.9 Å². The number of likely N-dealkylation sites (N-methyl/N-ethyl adjacent to an activating group) is 1. The second-order valence-electron chi connectivity index (χ2n) is 5.85. The Morgan fingerprint density at radius 3 is 2.56 bits per heavy atom. The van der Waals surface area contributed by atoms with Gasteiger partial charge in [0, 0.05) is 19.0 Å². The number of carbonyl (C=O) groups excluding carboxylic acids is 2. The molecule has 0 saturated heterocycles.